The molecule has 2 aromatic carbocycles. The summed E-state index contributed by atoms with van der Waals surface area (Å²) in [5, 5.41) is 1.29. The molecule has 2 rings (SSSR count). The summed E-state index contributed by atoms with van der Waals surface area (Å²) in [5.41, 5.74) is 1.77. The molecule has 0 fully saturated rings. The van der Waals surface area contributed by atoms with Gasteiger partial charge in [0, 0.05) is 15.6 Å². The minimum Gasteiger partial charge on any atom is -0.295 e. The predicted molar refractivity (Wildman–Crippen MR) is 83.2 cm³/mol. The highest BCUT2D eigenvalue weighted by Gasteiger charge is 2.15. The molecule has 0 amide bonds. The molecule has 0 bridgehead atoms. The summed E-state index contributed by atoms with van der Waals surface area (Å²) in [6.45, 7) is 0. The molecular weight excluding hydrogens is 278 g/mol. The van der Waals surface area contributed by atoms with Crippen LogP contribution in [0.15, 0.2) is 48.5 Å². The van der Waals surface area contributed by atoms with E-state index in [0.29, 0.717) is 22.0 Å². The molecule has 0 spiro atoms. The molecule has 1 nitrogen and oxygen atoms in total. The molecule has 0 aliphatic rings. The summed E-state index contributed by atoms with van der Waals surface area (Å²) in [7, 11) is 1.93. The molecule has 0 aliphatic carbocycles. The van der Waals surface area contributed by atoms with E-state index in [9.17, 15) is 4.79 Å². The Morgan fingerprint density at radius 2 is 1.74 bits per heavy atom. The van der Waals surface area contributed by atoms with Crippen molar-refractivity contribution in [2.75, 3.05) is 0 Å². The van der Waals surface area contributed by atoms with E-state index in [1.54, 1.807) is 24.3 Å². The topological polar surface area (TPSA) is 17.1 Å². The number of hydrogen-bond acceptors (Lipinski definition) is 1. The number of Topliss-reactive ketones (excluding diaryl/α,β-unsaturated/α-hetero) is 1. The number of carbonyl (C=O) groups is 1. The Morgan fingerprint density at radius 3 is 2.37 bits per heavy atom. The number of carbonyl (C=O) groups excluding carboxylic acids is 1. The number of ketones is 1. The van der Waals surface area contributed by atoms with E-state index in [-0.39, 0.29) is 11.6 Å². The second-order valence-electron chi connectivity index (χ2n) is 4.61. The molecule has 2 aromatic rings. The highest BCUT2D eigenvalue weighted by atomic mass is 35.5. The Bertz CT molecular complexity index is 581. The van der Waals surface area contributed by atoms with Gasteiger partial charge in [0.2, 0.25) is 0 Å². The molecule has 0 saturated heterocycles. The van der Waals surface area contributed by atoms with E-state index in [1.807, 2.05) is 32.1 Å². The minimum absolute atomic E-state index is 0.0837. The number of hydrogen-bond donors (Lipinski definition) is 0. The third kappa shape index (κ3) is 3.86. The molecule has 0 aromatic heterocycles. The molecule has 0 aliphatic heterocycles. The SMILES string of the molecule is BC(Cc1ccc(Cl)cc1)C(=O)c1cccc(Cl)c1. The van der Waals surface area contributed by atoms with E-state index in [4.69, 9.17) is 23.2 Å². The van der Waals surface area contributed by atoms with Gasteiger partial charge in [0.1, 0.15) is 7.85 Å². The van der Waals surface area contributed by atoms with Gasteiger partial charge in [-0.1, -0.05) is 47.5 Å². The minimum atomic E-state index is -0.0837. The normalized spacial score (nSPS) is 12.1. The first-order valence-corrected chi connectivity index (χ1v) is 6.86. The van der Waals surface area contributed by atoms with Gasteiger partial charge in [0.25, 0.3) is 0 Å². The van der Waals surface area contributed by atoms with Crippen LogP contribution in [0.3, 0.4) is 0 Å². The summed E-state index contributed by atoms with van der Waals surface area (Å²) in [4.78, 5) is 12.3. The van der Waals surface area contributed by atoms with E-state index in [0.717, 1.165) is 5.56 Å². The van der Waals surface area contributed by atoms with Gasteiger partial charge in [-0.2, -0.15) is 0 Å². The number of halogens is 2. The molecule has 4 heteroatoms. The van der Waals surface area contributed by atoms with Gasteiger partial charge in [-0.15, -0.1) is 0 Å². The molecule has 96 valence electrons. The van der Waals surface area contributed by atoms with Crippen molar-refractivity contribution in [3.05, 3.63) is 69.7 Å². The third-order valence-electron chi connectivity index (χ3n) is 3.01. The maximum absolute atomic E-state index is 12.3. The Morgan fingerprint density at radius 1 is 1.05 bits per heavy atom. The molecule has 1 unspecified atom stereocenters. The maximum atomic E-state index is 12.3. The molecule has 0 heterocycles. The van der Waals surface area contributed by atoms with Crippen molar-refractivity contribution in [2.45, 2.75) is 12.2 Å². The van der Waals surface area contributed by atoms with Crippen LogP contribution in [0.25, 0.3) is 0 Å². The highest BCUT2D eigenvalue weighted by Crippen LogP contribution is 2.20. The monoisotopic (exact) mass is 290 g/mol. The zero-order chi connectivity index (χ0) is 13.8. The van der Waals surface area contributed by atoms with Gasteiger partial charge in [-0.3, -0.25) is 4.79 Å². The molecule has 0 N–H and O–H groups in total. The summed E-state index contributed by atoms with van der Waals surface area (Å²) in [6.07, 6.45) is 0.697. The fourth-order valence-electron chi connectivity index (χ4n) is 1.99. The number of rotatable bonds is 4. The van der Waals surface area contributed by atoms with E-state index >= 15 is 0 Å². The summed E-state index contributed by atoms with van der Waals surface area (Å²) in [6, 6.07) is 14.6. The number of benzene rings is 2. The van der Waals surface area contributed by atoms with Gasteiger partial charge in [0.05, 0.1) is 0 Å². The summed E-state index contributed by atoms with van der Waals surface area (Å²) >= 11 is 11.7. The molecule has 0 radical (unpaired) electrons. The van der Waals surface area contributed by atoms with Gasteiger partial charge in [0.15, 0.2) is 5.78 Å². The van der Waals surface area contributed by atoms with Crippen LogP contribution in [0, 0.1) is 0 Å². The zero-order valence-corrected chi connectivity index (χ0v) is 12.1. The zero-order valence-electron chi connectivity index (χ0n) is 10.6. The third-order valence-corrected chi connectivity index (χ3v) is 3.50. The second kappa shape index (κ2) is 6.27. The highest BCUT2D eigenvalue weighted by molar-refractivity contribution is 6.32. The molecular formula is C15H13BCl2O. The Kier molecular flexibility index (Phi) is 4.68. The maximum Gasteiger partial charge on any atom is 0.158 e. The van der Waals surface area contributed by atoms with Crippen LogP contribution < -0.4 is 0 Å². The lowest BCUT2D eigenvalue weighted by atomic mass is 9.77. The quantitative estimate of drug-likeness (QED) is 0.618. The largest absolute Gasteiger partial charge is 0.295 e. The van der Waals surface area contributed by atoms with E-state index < -0.39 is 0 Å². The van der Waals surface area contributed by atoms with Crippen molar-refractivity contribution >= 4 is 36.8 Å². The first-order chi connectivity index (χ1) is 9.06. The van der Waals surface area contributed by atoms with Gasteiger partial charge in [-0.25, -0.2) is 0 Å². The smallest absolute Gasteiger partial charge is 0.158 e. The van der Waals surface area contributed by atoms with Crippen LogP contribution in [0.1, 0.15) is 15.9 Å². The van der Waals surface area contributed by atoms with Crippen molar-refractivity contribution in [1.82, 2.24) is 0 Å². The molecule has 0 saturated carbocycles. The Balaban J connectivity index is 2.09. The van der Waals surface area contributed by atoms with Crippen LogP contribution in [-0.4, -0.2) is 13.6 Å². The van der Waals surface area contributed by atoms with Crippen LogP contribution in [0.5, 0.6) is 0 Å². The Labute approximate surface area is 124 Å². The van der Waals surface area contributed by atoms with Crippen molar-refractivity contribution in [3.63, 3.8) is 0 Å². The Hall–Kier alpha value is -1.25. The van der Waals surface area contributed by atoms with Crippen LogP contribution in [0.2, 0.25) is 15.9 Å². The van der Waals surface area contributed by atoms with Crippen molar-refractivity contribution in [1.29, 1.82) is 0 Å². The van der Waals surface area contributed by atoms with E-state index in [2.05, 4.69) is 0 Å². The summed E-state index contributed by atoms with van der Waals surface area (Å²) < 4.78 is 0. The first kappa shape index (κ1) is 14.2. The van der Waals surface area contributed by atoms with Gasteiger partial charge >= 0.3 is 0 Å². The lowest BCUT2D eigenvalue weighted by Gasteiger charge is -2.11. The van der Waals surface area contributed by atoms with Gasteiger partial charge < -0.3 is 0 Å². The van der Waals surface area contributed by atoms with Gasteiger partial charge in [-0.05, 0) is 42.1 Å². The van der Waals surface area contributed by atoms with Crippen molar-refractivity contribution in [2.24, 2.45) is 0 Å². The fourth-order valence-corrected chi connectivity index (χ4v) is 2.31. The fraction of sp³-hybridized carbons (Fsp3) is 0.133. The first-order valence-electron chi connectivity index (χ1n) is 6.10. The van der Waals surface area contributed by atoms with Crippen LogP contribution in [-0.2, 0) is 6.42 Å². The van der Waals surface area contributed by atoms with E-state index in [1.165, 1.54) is 0 Å². The lowest BCUT2D eigenvalue weighted by molar-refractivity contribution is 0.0983. The molecule has 1 atom stereocenters. The lowest BCUT2D eigenvalue weighted by Crippen LogP contribution is -2.11. The average Bonchev–Trinajstić information content (AvgIpc) is 2.40. The van der Waals surface area contributed by atoms with Crippen molar-refractivity contribution < 1.29 is 4.79 Å². The van der Waals surface area contributed by atoms with Crippen LogP contribution in [0.4, 0.5) is 0 Å². The average molecular weight is 291 g/mol. The standard InChI is InChI=1S/C15H13BCl2O/c16-14(8-10-4-6-12(17)7-5-10)15(19)11-2-1-3-13(18)9-11/h1-7,9,14H,8,16H2. The van der Waals surface area contributed by atoms with Crippen molar-refractivity contribution in [3.8, 4) is 0 Å². The summed E-state index contributed by atoms with van der Waals surface area (Å²) in [5.74, 6) is 0.0251. The molecule has 19 heavy (non-hydrogen) atoms. The second-order valence-corrected chi connectivity index (χ2v) is 5.48. The van der Waals surface area contributed by atoms with Crippen LogP contribution >= 0.6 is 23.2 Å². The predicted octanol–water partition coefficient (Wildman–Crippen LogP) is 3.84.